The van der Waals surface area contributed by atoms with Gasteiger partial charge in [-0.05, 0) is 35.9 Å². The first-order chi connectivity index (χ1) is 14.2. The van der Waals surface area contributed by atoms with Crippen LogP contribution < -0.4 is 15.4 Å². The number of methoxy groups -OCH3 is 1. The molecule has 0 spiro atoms. The van der Waals surface area contributed by atoms with Gasteiger partial charge in [-0.3, -0.25) is 9.59 Å². The smallest absolute Gasteiger partial charge is 0.253 e. The molecule has 0 bridgehead atoms. The lowest BCUT2D eigenvalue weighted by molar-refractivity contribution is -0.120. The zero-order chi connectivity index (χ0) is 22.1. The Kier molecular flexibility index (Phi) is 9.07. The number of benzene rings is 2. The minimum Gasteiger partial charge on any atom is -0.383 e. The number of carbonyl (C=O) groups excluding carboxylic acids is 2. The fraction of sp³-hybridized carbons (Fsp3) is 0.263. The summed E-state index contributed by atoms with van der Waals surface area (Å²) < 4.78 is 31.4. The van der Waals surface area contributed by atoms with Gasteiger partial charge < -0.3 is 15.4 Å². The molecule has 0 aliphatic heterocycles. The molecular formula is C19H21Cl2N3O5S. The Hall–Kier alpha value is -2.17. The van der Waals surface area contributed by atoms with Crippen LogP contribution in [0.2, 0.25) is 10.0 Å². The summed E-state index contributed by atoms with van der Waals surface area (Å²) in [5.74, 6) is -0.909. The Morgan fingerprint density at radius 1 is 1.03 bits per heavy atom. The predicted octanol–water partition coefficient (Wildman–Crippen LogP) is 1.96. The molecule has 0 saturated carbocycles. The van der Waals surface area contributed by atoms with E-state index in [1.807, 2.05) is 0 Å². The van der Waals surface area contributed by atoms with Crippen LogP contribution in [0, 0.1) is 0 Å². The first kappa shape index (κ1) is 24.1. The van der Waals surface area contributed by atoms with E-state index in [1.165, 1.54) is 37.4 Å². The summed E-state index contributed by atoms with van der Waals surface area (Å²) in [6.07, 6.45) is 0. The lowest BCUT2D eigenvalue weighted by Gasteiger charge is -2.09. The minimum absolute atomic E-state index is 0.112. The van der Waals surface area contributed by atoms with Gasteiger partial charge in [0, 0.05) is 25.2 Å². The van der Waals surface area contributed by atoms with E-state index in [9.17, 15) is 18.0 Å². The SMILES string of the molecule is COCCNS(=O)(=O)c1ccc(CNC(=O)CNC(=O)c2ccc(Cl)cc2Cl)cc1. The summed E-state index contributed by atoms with van der Waals surface area (Å²) in [7, 11) is -2.13. The maximum atomic E-state index is 12.1. The molecule has 2 rings (SSSR count). The van der Waals surface area contributed by atoms with E-state index in [0.29, 0.717) is 10.6 Å². The maximum Gasteiger partial charge on any atom is 0.253 e. The second kappa shape index (κ2) is 11.3. The third-order valence-corrected chi connectivity index (χ3v) is 5.93. The van der Waals surface area contributed by atoms with Crippen molar-refractivity contribution < 1.29 is 22.7 Å². The largest absolute Gasteiger partial charge is 0.383 e. The Labute approximate surface area is 184 Å². The Bertz CT molecular complexity index is 998. The summed E-state index contributed by atoms with van der Waals surface area (Å²) in [6, 6.07) is 10.5. The molecule has 2 amide bonds. The zero-order valence-corrected chi connectivity index (χ0v) is 18.4. The fourth-order valence-corrected chi connectivity index (χ4v) is 3.85. The molecule has 2 aromatic carbocycles. The van der Waals surface area contributed by atoms with E-state index >= 15 is 0 Å². The topological polar surface area (TPSA) is 114 Å². The molecule has 30 heavy (non-hydrogen) atoms. The number of nitrogens with one attached hydrogen (secondary N) is 3. The molecular weight excluding hydrogens is 453 g/mol. The standard InChI is InChI=1S/C19H21Cl2N3O5S/c1-29-9-8-24-30(27,28)15-5-2-13(3-6-15)11-22-18(25)12-23-19(26)16-7-4-14(20)10-17(16)21/h2-7,10,24H,8-9,11-12H2,1H3,(H,22,25)(H,23,26). The van der Waals surface area contributed by atoms with Crippen LogP contribution in [-0.4, -0.2) is 47.0 Å². The van der Waals surface area contributed by atoms with Crippen LogP contribution in [0.3, 0.4) is 0 Å². The van der Waals surface area contributed by atoms with E-state index in [4.69, 9.17) is 27.9 Å². The summed E-state index contributed by atoms with van der Waals surface area (Å²) in [5, 5.41) is 5.70. The van der Waals surface area contributed by atoms with E-state index in [1.54, 1.807) is 12.1 Å². The predicted molar refractivity (Wildman–Crippen MR) is 114 cm³/mol. The number of rotatable bonds is 10. The highest BCUT2D eigenvalue weighted by Gasteiger charge is 2.14. The fourth-order valence-electron chi connectivity index (χ4n) is 2.34. The zero-order valence-electron chi connectivity index (χ0n) is 16.1. The van der Waals surface area contributed by atoms with E-state index in [0.717, 1.165) is 0 Å². The number of hydrogen-bond donors (Lipinski definition) is 3. The van der Waals surface area contributed by atoms with E-state index in [-0.39, 0.29) is 41.7 Å². The van der Waals surface area contributed by atoms with Gasteiger partial charge in [0.05, 0.1) is 28.6 Å². The van der Waals surface area contributed by atoms with Gasteiger partial charge in [-0.15, -0.1) is 0 Å². The van der Waals surface area contributed by atoms with Crippen molar-refractivity contribution in [3.63, 3.8) is 0 Å². The van der Waals surface area contributed by atoms with Crippen molar-refractivity contribution in [3.8, 4) is 0 Å². The second-order valence-electron chi connectivity index (χ2n) is 6.12. The molecule has 0 heterocycles. The van der Waals surface area contributed by atoms with Crippen molar-refractivity contribution in [2.24, 2.45) is 0 Å². The van der Waals surface area contributed by atoms with Gasteiger partial charge in [0.25, 0.3) is 5.91 Å². The highest BCUT2D eigenvalue weighted by atomic mass is 35.5. The lowest BCUT2D eigenvalue weighted by atomic mass is 10.2. The van der Waals surface area contributed by atoms with Crippen molar-refractivity contribution >= 4 is 45.0 Å². The normalized spacial score (nSPS) is 11.2. The van der Waals surface area contributed by atoms with Crippen LogP contribution in [0.5, 0.6) is 0 Å². The molecule has 0 radical (unpaired) electrons. The monoisotopic (exact) mass is 473 g/mol. The van der Waals surface area contributed by atoms with Crippen molar-refractivity contribution in [3.05, 3.63) is 63.6 Å². The summed E-state index contributed by atoms with van der Waals surface area (Å²) in [6.45, 7) is 0.370. The summed E-state index contributed by atoms with van der Waals surface area (Å²) in [4.78, 5) is 24.2. The van der Waals surface area contributed by atoms with Crippen molar-refractivity contribution in [1.29, 1.82) is 0 Å². The number of ether oxygens (including phenoxy) is 1. The summed E-state index contributed by atoms with van der Waals surface area (Å²) in [5.41, 5.74) is 0.913. The van der Waals surface area contributed by atoms with Gasteiger partial charge in [0.1, 0.15) is 0 Å². The average Bonchev–Trinajstić information content (AvgIpc) is 2.71. The Balaban J connectivity index is 1.82. The summed E-state index contributed by atoms with van der Waals surface area (Å²) >= 11 is 11.8. The van der Waals surface area contributed by atoms with Gasteiger partial charge in [-0.25, -0.2) is 13.1 Å². The van der Waals surface area contributed by atoms with Crippen LogP contribution in [0.15, 0.2) is 47.4 Å². The molecule has 2 aromatic rings. The average molecular weight is 474 g/mol. The highest BCUT2D eigenvalue weighted by molar-refractivity contribution is 7.89. The molecule has 0 unspecified atom stereocenters. The Morgan fingerprint density at radius 3 is 2.37 bits per heavy atom. The molecule has 0 aliphatic rings. The molecule has 0 aromatic heterocycles. The van der Waals surface area contributed by atoms with E-state index < -0.39 is 21.8 Å². The first-order valence-electron chi connectivity index (χ1n) is 8.80. The maximum absolute atomic E-state index is 12.1. The van der Waals surface area contributed by atoms with Gasteiger partial charge in [0.2, 0.25) is 15.9 Å². The van der Waals surface area contributed by atoms with Crippen LogP contribution in [0.1, 0.15) is 15.9 Å². The third-order valence-electron chi connectivity index (χ3n) is 3.91. The quantitative estimate of drug-likeness (QED) is 0.456. The van der Waals surface area contributed by atoms with Crippen LogP contribution >= 0.6 is 23.2 Å². The van der Waals surface area contributed by atoms with Gasteiger partial charge in [-0.1, -0.05) is 35.3 Å². The van der Waals surface area contributed by atoms with Gasteiger partial charge >= 0.3 is 0 Å². The molecule has 162 valence electrons. The number of sulfonamides is 1. The number of carbonyl (C=O) groups is 2. The number of halogens is 2. The van der Waals surface area contributed by atoms with Gasteiger partial charge in [-0.2, -0.15) is 0 Å². The number of amides is 2. The molecule has 0 atom stereocenters. The molecule has 3 N–H and O–H groups in total. The molecule has 0 saturated heterocycles. The second-order valence-corrected chi connectivity index (χ2v) is 8.73. The van der Waals surface area contributed by atoms with Crippen LogP contribution in [-0.2, 0) is 26.1 Å². The van der Waals surface area contributed by atoms with Gasteiger partial charge in [0.15, 0.2) is 0 Å². The molecule has 8 nitrogen and oxygen atoms in total. The minimum atomic E-state index is -3.62. The highest BCUT2D eigenvalue weighted by Crippen LogP contribution is 2.20. The van der Waals surface area contributed by atoms with Crippen molar-refractivity contribution in [2.45, 2.75) is 11.4 Å². The third kappa shape index (κ3) is 7.26. The van der Waals surface area contributed by atoms with E-state index in [2.05, 4.69) is 15.4 Å². The van der Waals surface area contributed by atoms with Crippen molar-refractivity contribution in [1.82, 2.24) is 15.4 Å². The van der Waals surface area contributed by atoms with Crippen molar-refractivity contribution in [2.75, 3.05) is 26.8 Å². The lowest BCUT2D eigenvalue weighted by Crippen LogP contribution is -2.36. The Morgan fingerprint density at radius 2 is 1.73 bits per heavy atom. The van der Waals surface area contributed by atoms with Crippen LogP contribution in [0.4, 0.5) is 0 Å². The molecule has 0 fully saturated rings. The number of hydrogen-bond acceptors (Lipinski definition) is 5. The molecule has 11 heteroatoms. The first-order valence-corrected chi connectivity index (χ1v) is 11.0. The van der Waals surface area contributed by atoms with Crippen LogP contribution in [0.25, 0.3) is 0 Å². The molecule has 0 aliphatic carbocycles.